The van der Waals surface area contributed by atoms with Crippen molar-refractivity contribution in [3.8, 4) is 11.5 Å². The Bertz CT molecular complexity index is 1310. The van der Waals surface area contributed by atoms with Gasteiger partial charge in [0.2, 0.25) is 10.0 Å². The van der Waals surface area contributed by atoms with Crippen LogP contribution in [-0.2, 0) is 23.1 Å². The highest BCUT2D eigenvalue weighted by atomic mass is 32.2. The summed E-state index contributed by atoms with van der Waals surface area (Å²) in [6, 6.07) is 11.4. The zero-order valence-electron chi connectivity index (χ0n) is 17.9. The van der Waals surface area contributed by atoms with Crippen LogP contribution in [0.1, 0.15) is 6.92 Å². The third-order valence-electron chi connectivity index (χ3n) is 4.94. The second-order valence-corrected chi connectivity index (χ2v) is 9.12. The van der Waals surface area contributed by atoms with E-state index >= 15 is 0 Å². The monoisotopic (exact) mass is 447 g/mol. The zero-order valence-corrected chi connectivity index (χ0v) is 18.7. The summed E-state index contributed by atoms with van der Waals surface area (Å²) < 4.78 is 39.7. The molecule has 3 aromatic rings. The van der Waals surface area contributed by atoms with Crippen molar-refractivity contribution < 1.29 is 17.9 Å². The van der Waals surface area contributed by atoms with Gasteiger partial charge in [-0.25, -0.2) is 12.7 Å². The number of fused-ring (bicyclic) bond motifs is 1. The maximum atomic E-state index is 12.8. The minimum absolute atomic E-state index is 0.0375. The molecule has 0 atom stereocenters. The lowest BCUT2D eigenvalue weighted by Crippen LogP contribution is -2.42. The maximum Gasteiger partial charge on any atom is 0.317 e. The average molecular weight is 448 g/mol. The largest absolute Gasteiger partial charge is 0.497 e. The number of hydrogen-bond donors (Lipinski definition) is 0. The number of aromatic nitrogens is 2. The normalized spacial score (nSPS) is 11.8. The Labute approximate surface area is 180 Å². The van der Waals surface area contributed by atoms with Gasteiger partial charge >= 0.3 is 11.1 Å². The number of aryl methyl sites for hydroxylation is 1. The zero-order chi connectivity index (χ0) is 22.8. The van der Waals surface area contributed by atoms with E-state index in [-0.39, 0.29) is 24.6 Å². The molecule has 0 bridgehead atoms. The predicted molar refractivity (Wildman–Crippen MR) is 118 cm³/mol. The lowest BCUT2D eigenvalue weighted by molar-refractivity contribution is 0.297. The Kier molecular flexibility index (Phi) is 6.51. The van der Waals surface area contributed by atoms with Crippen molar-refractivity contribution in [2.45, 2.75) is 24.9 Å². The molecule has 2 aromatic carbocycles. The second-order valence-electron chi connectivity index (χ2n) is 6.97. The molecule has 0 radical (unpaired) electrons. The predicted octanol–water partition coefficient (Wildman–Crippen LogP) is 1.52. The van der Waals surface area contributed by atoms with Gasteiger partial charge in [0.25, 0.3) is 0 Å². The van der Waals surface area contributed by atoms with E-state index in [1.54, 1.807) is 44.4 Å². The number of ether oxygens (including phenoxy) is 2. The van der Waals surface area contributed by atoms with Gasteiger partial charge in [0, 0.05) is 20.6 Å². The fourth-order valence-electron chi connectivity index (χ4n) is 3.23. The highest BCUT2D eigenvalue weighted by Crippen LogP contribution is 2.20. The number of nitrogens with zero attached hydrogens (tertiary/aromatic N) is 3. The molecule has 0 fully saturated rings. The fourth-order valence-corrected chi connectivity index (χ4v) is 4.15. The van der Waals surface area contributed by atoms with Crippen molar-refractivity contribution in [2.75, 3.05) is 27.8 Å². The van der Waals surface area contributed by atoms with Crippen LogP contribution in [0.15, 0.2) is 56.9 Å². The summed E-state index contributed by atoms with van der Waals surface area (Å²) >= 11 is 0. The van der Waals surface area contributed by atoms with Crippen molar-refractivity contribution in [3.63, 3.8) is 0 Å². The van der Waals surface area contributed by atoms with Crippen molar-refractivity contribution in [1.29, 1.82) is 0 Å². The van der Waals surface area contributed by atoms with Crippen molar-refractivity contribution in [1.82, 2.24) is 13.4 Å². The van der Waals surface area contributed by atoms with E-state index in [9.17, 15) is 18.0 Å². The van der Waals surface area contributed by atoms with E-state index in [1.165, 1.54) is 35.4 Å². The van der Waals surface area contributed by atoms with Gasteiger partial charge in [0.15, 0.2) is 0 Å². The molecule has 166 valence electrons. The molecule has 0 unspecified atom stereocenters. The van der Waals surface area contributed by atoms with Crippen LogP contribution in [0.5, 0.6) is 11.5 Å². The van der Waals surface area contributed by atoms with Crippen LogP contribution in [0.4, 0.5) is 0 Å². The van der Waals surface area contributed by atoms with Gasteiger partial charge in [-0.2, -0.15) is 0 Å². The molecule has 0 aliphatic rings. The molecule has 31 heavy (non-hydrogen) atoms. The number of benzene rings is 2. The van der Waals surface area contributed by atoms with Gasteiger partial charge in [0.1, 0.15) is 18.1 Å². The van der Waals surface area contributed by atoms with Crippen LogP contribution in [0, 0.1) is 0 Å². The van der Waals surface area contributed by atoms with Crippen LogP contribution in [0.3, 0.4) is 0 Å². The van der Waals surface area contributed by atoms with Crippen LogP contribution in [0.2, 0.25) is 0 Å². The molecule has 3 rings (SSSR count). The topological polar surface area (TPSA) is 99.8 Å². The second kappa shape index (κ2) is 8.94. The highest BCUT2D eigenvalue weighted by molar-refractivity contribution is 7.89. The van der Waals surface area contributed by atoms with Crippen LogP contribution >= 0.6 is 0 Å². The quantitative estimate of drug-likeness (QED) is 0.486. The Hall–Kier alpha value is -3.11. The average Bonchev–Trinajstić information content (AvgIpc) is 2.76. The highest BCUT2D eigenvalue weighted by Gasteiger charge is 2.20. The molecule has 0 aliphatic carbocycles. The van der Waals surface area contributed by atoms with E-state index in [0.29, 0.717) is 22.5 Å². The molecule has 0 spiro atoms. The third kappa shape index (κ3) is 4.35. The minimum Gasteiger partial charge on any atom is -0.497 e. The maximum absolute atomic E-state index is 12.8. The van der Waals surface area contributed by atoms with E-state index < -0.39 is 21.1 Å². The van der Waals surface area contributed by atoms with Gasteiger partial charge in [0.05, 0.1) is 29.6 Å². The minimum atomic E-state index is -3.71. The summed E-state index contributed by atoms with van der Waals surface area (Å²) in [5.74, 6) is 1.27. The molecule has 0 amide bonds. The SMILES string of the molecule is CCn1c(=O)c(=O)n(CCOc2ccc(OC)cc2)c2cc(S(=O)(=O)N(C)C)ccc21. The van der Waals surface area contributed by atoms with E-state index in [4.69, 9.17) is 9.47 Å². The standard InChI is InChI=1S/C21H25N3O6S/c1-5-23-18-11-10-17(31(27,28)22(2)3)14-19(18)24(21(26)20(23)25)12-13-30-16-8-6-15(29-4)7-9-16/h6-11,14H,5,12-13H2,1-4H3. The molecule has 9 nitrogen and oxygen atoms in total. The summed E-state index contributed by atoms with van der Waals surface area (Å²) in [7, 11) is 0.721. The van der Waals surface area contributed by atoms with Gasteiger partial charge in [-0.3, -0.25) is 14.2 Å². The lowest BCUT2D eigenvalue weighted by Gasteiger charge is -2.17. The molecule has 1 aromatic heterocycles. The van der Waals surface area contributed by atoms with Crippen molar-refractivity contribution in [2.24, 2.45) is 0 Å². The first-order chi connectivity index (χ1) is 14.7. The summed E-state index contributed by atoms with van der Waals surface area (Å²) in [4.78, 5) is 25.4. The fraction of sp³-hybridized carbons (Fsp3) is 0.333. The first-order valence-corrected chi connectivity index (χ1v) is 11.1. The molecule has 0 saturated carbocycles. The Morgan fingerprint density at radius 1 is 0.903 bits per heavy atom. The summed E-state index contributed by atoms with van der Waals surface area (Å²) in [6.45, 7) is 2.23. The molecule has 0 aliphatic heterocycles. The van der Waals surface area contributed by atoms with E-state index in [0.717, 1.165) is 4.31 Å². The molecular weight excluding hydrogens is 422 g/mol. The Morgan fingerprint density at radius 3 is 2.10 bits per heavy atom. The number of hydrogen-bond acceptors (Lipinski definition) is 6. The Balaban J connectivity index is 2.04. The Morgan fingerprint density at radius 2 is 1.52 bits per heavy atom. The lowest BCUT2D eigenvalue weighted by atomic mass is 10.2. The van der Waals surface area contributed by atoms with E-state index in [1.807, 2.05) is 0 Å². The molecule has 10 heteroatoms. The smallest absolute Gasteiger partial charge is 0.317 e. The van der Waals surface area contributed by atoms with Gasteiger partial charge in [-0.15, -0.1) is 0 Å². The number of methoxy groups -OCH3 is 1. The number of rotatable bonds is 8. The first-order valence-electron chi connectivity index (χ1n) is 9.67. The summed E-state index contributed by atoms with van der Waals surface area (Å²) in [5.41, 5.74) is -0.559. The van der Waals surface area contributed by atoms with Gasteiger partial charge < -0.3 is 14.0 Å². The van der Waals surface area contributed by atoms with Gasteiger partial charge in [-0.05, 0) is 49.4 Å². The van der Waals surface area contributed by atoms with Crippen LogP contribution in [-0.4, -0.2) is 49.7 Å². The van der Waals surface area contributed by atoms with Crippen molar-refractivity contribution >= 4 is 21.1 Å². The molecule has 1 heterocycles. The van der Waals surface area contributed by atoms with Crippen LogP contribution in [0.25, 0.3) is 11.0 Å². The molecule has 0 saturated heterocycles. The first kappa shape index (κ1) is 22.6. The van der Waals surface area contributed by atoms with Crippen molar-refractivity contribution in [3.05, 3.63) is 63.2 Å². The molecular formula is C21H25N3O6S. The van der Waals surface area contributed by atoms with Crippen LogP contribution < -0.4 is 20.6 Å². The third-order valence-corrected chi connectivity index (χ3v) is 6.75. The summed E-state index contributed by atoms with van der Waals surface area (Å²) in [6.07, 6.45) is 0. The molecule has 0 N–H and O–H groups in total. The van der Waals surface area contributed by atoms with Gasteiger partial charge in [-0.1, -0.05) is 0 Å². The summed E-state index contributed by atoms with van der Waals surface area (Å²) in [5, 5.41) is 0. The number of sulfonamides is 1. The van der Waals surface area contributed by atoms with E-state index in [2.05, 4.69) is 0 Å².